The monoisotopic (exact) mass is 335 g/mol. The van der Waals surface area contributed by atoms with Crippen LogP contribution < -0.4 is 5.32 Å². The normalized spacial score (nSPS) is 22.9. The minimum absolute atomic E-state index is 0. The van der Waals surface area contributed by atoms with Gasteiger partial charge in [0.2, 0.25) is 11.8 Å². The zero-order chi connectivity index (χ0) is 14.5. The number of halogens is 1. The summed E-state index contributed by atoms with van der Waals surface area (Å²) in [7, 11) is 0. The predicted molar refractivity (Wildman–Crippen MR) is 89.0 cm³/mol. The molecule has 2 rings (SSSR count). The standard InChI is InChI=1S/C14H25N3O2S.ClH/c1-11(2)14(19)17-6-4-16(5-7-17)13(18)9-12-10-20-8-3-15-12;/h11-12,15H,3-10H2,1-2H3;1H. The quantitative estimate of drug-likeness (QED) is 0.830. The SMILES string of the molecule is CC(C)C(=O)N1CCN(C(=O)CC2CSCCN2)CC1.Cl. The molecule has 0 saturated carbocycles. The largest absolute Gasteiger partial charge is 0.339 e. The van der Waals surface area contributed by atoms with Crippen LogP contribution >= 0.6 is 24.2 Å². The van der Waals surface area contributed by atoms with Crippen LogP contribution in [0.5, 0.6) is 0 Å². The second-order valence-corrected chi connectivity index (χ2v) is 6.94. The maximum atomic E-state index is 12.2. The second kappa shape index (κ2) is 8.86. The molecule has 0 aromatic heterocycles. The van der Waals surface area contributed by atoms with Gasteiger partial charge < -0.3 is 15.1 Å². The summed E-state index contributed by atoms with van der Waals surface area (Å²) in [4.78, 5) is 27.9. The van der Waals surface area contributed by atoms with Crippen molar-refractivity contribution < 1.29 is 9.59 Å². The van der Waals surface area contributed by atoms with Crippen molar-refractivity contribution >= 4 is 36.0 Å². The molecule has 2 aliphatic rings. The Hall–Kier alpha value is -0.460. The Morgan fingerprint density at radius 2 is 1.81 bits per heavy atom. The first-order valence-electron chi connectivity index (χ1n) is 7.45. The van der Waals surface area contributed by atoms with E-state index in [4.69, 9.17) is 0 Å². The molecule has 0 bridgehead atoms. The van der Waals surface area contributed by atoms with E-state index in [0.717, 1.165) is 18.1 Å². The van der Waals surface area contributed by atoms with Crippen LogP contribution in [0.15, 0.2) is 0 Å². The van der Waals surface area contributed by atoms with Crippen LogP contribution in [-0.2, 0) is 9.59 Å². The van der Waals surface area contributed by atoms with E-state index in [9.17, 15) is 9.59 Å². The molecule has 122 valence electrons. The van der Waals surface area contributed by atoms with Crippen LogP contribution in [0.2, 0.25) is 0 Å². The molecule has 2 saturated heterocycles. The van der Waals surface area contributed by atoms with Gasteiger partial charge in [0.15, 0.2) is 0 Å². The lowest BCUT2D eigenvalue weighted by molar-refractivity contribution is -0.141. The highest BCUT2D eigenvalue weighted by Crippen LogP contribution is 2.13. The van der Waals surface area contributed by atoms with Crippen LogP contribution in [0.4, 0.5) is 0 Å². The predicted octanol–water partition coefficient (Wildman–Crippen LogP) is 0.830. The molecular formula is C14H26ClN3O2S. The molecule has 2 amide bonds. The summed E-state index contributed by atoms with van der Waals surface area (Å²) < 4.78 is 0. The Morgan fingerprint density at radius 3 is 2.33 bits per heavy atom. The van der Waals surface area contributed by atoms with E-state index < -0.39 is 0 Å². The van der Waals surface area contributed by atoms with Gasteiger partial charge in [-0.15, -0.1) is 12.4 Å². The number of hydrogen-bond acceptors (Lipinski definition) is 4. The Labute approximate surface area is 137 Å². The second-order valence-electron chi connectivity index (χ2n) is 5.79. The van der Waals surface area contributed by atoms with E-state index in [-0.39, 0.29) is 30.1 Å². The first kappa shape index (κ1) is 18.6. The van der Waals surface area contributed by atoms with Gasteiger partial charge in [0.1, 0.15) is 0 Å². The van der Waals surface area contributed by atoms with Crippen LogP contribution in [-0.4, -0.2) is 71.9 Å². The molecule has 2 heterocycles. The molecule has 1 N–H and O–H groups in total. The third kappa shape index (κ3) is 5.34. The molecule has 0 aromatic rings. The van der Waals surface area contributed by atoms with Crippen LogP contribution in [0.25, 0.3) is 0 Å². The highest BCUT2D eigenvalue weighted by Gasteiger charge is 2.27. The summed E-state index contributed by atoms with van der Waals surface area (Å²) >= 11 is 1.91. The molecule has 0 aromatic carbocycles. The van der Waals surface area contributed by atoms with E-state index in [1.54, 1.807) is 0 Å². The first-order chi connectivity index (χ1) is 9.58. The van der Waals surface area contributed by atoms with E-state index in [1.165, 1.54) is 0 Å². The van der Waals surface area contributed by atoms with Gasteiger partial charge in [-0.1, -0.05) is 13.8 Å². The summed E-state index contributed by atoms with van der Waals surface area (Å²) in [6, 6.07) is 0.316. The van der Waals surface area contributed by atoms with Gasteiger partial charge >= 0.3 is 0 Å². The highest BCUT2D eigenvalue weighted by atomic mass is 35.5. The maximum absolute atomic E-state index is 12.2. The Kier molecular flexibility index (Phi) is 7.84. The summed E-state index contributed by atoms with van der Waals surface area (Å²) in [5, 5.41) is 3.40. The number of amides is 2. The van der Waals surface area contributed by atoms with E-state index in [2.05, 4.69) is 5.32 Å². The van der Waals surface area contributed by atoms with Crippen molar-refractivity contribution in [2.24, 2.45) is 5.92 Å². The number of piperazine rings is 1. The summed E-state index contributed by atoms with van der Waals surface area (Å²) in [5.41, 5.74) is 0. The van der Waals surface area contributed by atoms with Gasteiger partial charge in [0.25, 0.3) is 0 Å². The van der Waals surface area contributed by atoms with Gasteiger partial charge in [-0.3, -0.25) is 9.59 Å². The lowest BCUT2D eigenvalue weighted by Crippen LogP contribution is -2.52. The number of hydrogen-bond donors (Lipinski definition) is 1. The number of rotatable bonds is 3. The molecule has 1 atom stereocenters. The molecule has 5 nitrogen and oxygen atoms in total. The van der Waals surface area contributed by atoms with Crippen LogP contribution in [0, 0.1) is 5.92 Å². The smallest absolute Gasteiger partial charge is 0.225 e. The Bertz CT molecular complexity index is 354. The fourth-order valence-electron chi connectivity index (χ4n) is 2.63. The van der Waals surface area contributed by atoms with Crippen molar-refractivity contribution in [3.05, 3.63) is 0 Å². The molecule has 0 aliphatic carbocycles. The van der Waals surface area contributed by atoms with Crippen molar-refractivity contribution in [1.82, 2.24) is 15.1 Å². The van der Waals surface area contributed by atoms with Crippen molar-refractivity contribution in [2.75, 3.05) is 44.2 Å². The fourth-order valence-corrected chi connectivity index (χ4v) is 3.58. The third-order valence-electron chi connectivity index (χ3n) is 3.86. The third-order valence-corrected chi connectivity index (χ3v) is 4.99. The molecule has 0 spiro atoms. The van der Waals surface area contributed by atoms with Gasteiger partial charge in [0, 0.05) is 62.6 Å². The lowest BCUT2D eigenvalue weighted by Gasteiger charge is -2.36. The molecule has 1 unspecified atom stereocenters. The van der Waals surface area contributed by atoms with Crippen molar-refractivity contribution in [2.45, 2.75) is 26.3 Å². The van der Waals surface area contributed by atoms with Gasteiger partial charge in [-0.2, -0.15) is 11.8 Å². The maximum Gasteiger partial charge on any atom is 0.225 e. The Balaban J connectivity index is 0.00000220. The minimum atomic E-state index is 0. The number of nitrogens with one attached hydrogen (secondary N) is 1. The number of carbonyl (C=O) groups excluding carboxylic acids is 2. The van der Waals surface area contributed by atoms with E-state index in [0.29, 0.717) is 38.6 Å². The summed E-state index contributed by atoms with van der Waals surface area (Å²) in [6.45, 7) is 7.55. The molecule has 7 heteroatoms. The average Bonchev–Trinajstić information content (AvgIpc) is 2.47. The molecule has 0 radical (unpaired) electrons. The van der Waals surface area contributed by atoms with Crippen molar-refractivity contribution in [3.63, 3.8) is 0 Å². The highest BCUT2D eigenvalue weighted by molar-refractivity contribution is 7.99. The Morgan fingerprint density at radius 1 is 1.19 bits per heavy atom. The number of nitrogens with zero attached hydrogens (tertiary/aromatic N) is 2. The lowest BCUT2D eigenvalue weighted by atomic mass is 10.1. The van der Waals surface area contributed by atoms with Crippen molar-refractivity contribution in [3.8, 4) is 0 Å². The van der Waals surface area contributed by atoms with Gasteiger partial charge in [0.05, 0.1) is 0 Å². The first-order valence-corrected chi connectivity index (χ1v) is 8.61. The summed E-state index contributed by atoms with van der Waals surface area (Å²) in [6.07, 6.45) is 0.588. The summed E-state index contributed by atoms with van der Waals surface area (Å²) in [5.74, 6) is 2.63. The molecular weight excluding hydrogens is 310 g/mol. The van der Waals surface area contributed by atoms with Crippen LogP contribution in [0.1, 0.15) is 20.3 Å². The van der Waals surface area contributed by atoms with E-state index in [1.807, 2.05) is 35.4 Å². The number of carbonyl (C=O) groups is 2. The topological polar surface area (TPSA) is 52.7 Å². The molecule has 2 aliphatic heterocycles. The average molecular weight is 336 g/mol. The van der Waals surface area contributed by atoms with E-state index >= 15 is 0 Å². The zero-order valence-electron chi connectivity index (χ0n) is 12.8. The van der Waals surface area contributed by atoms with Gasteiger partial charge in [-0.05, 0) is 0 Å². The van der Waals surface area contributed by atoms with Crippen LogP contribution in [0.3, 0.4) is 0 Å². The minimum Gasteiger partial charge on any atom is -0.339 e. The molecule has 2 fully saturated rings. The van der Waals surface area contributed by atoms with Gasteiger partial charge in [-0.25, -0.2) is 0 Å². The number of thioether (sulfide) groups is 1. The molecule has 21 heavy (non-hydrogen) atoms. The zero-order valence-corrected chi connectivity index (χ0v) is 14.5. The van der Waals surface area contributed by atoms with Crippen molar-refractivity contribution in [1.29, 1.82) is 0 Å². The fraction of sp³-hybridized carbons (Fsp3) is 0.857.